The van der Waals surface area contributed by atoms with Crippen LogP contribution < -0.4 is 4.74 Å². The average molecular weight is 689 g/mol. The van der Waals surface area contributed by atoms with Gasteiger partial charge in [-0.1, -0.05) is 90.4 Å². The van der Waals surface area contributed by atoms with E-state index in [0.29, 0.717) is 17.3 Å². The lowest BCUT2D eigenvalue weighted by molar-refractivity contribution is 0.354. The Labute approximate surface area is 309 Å². The second-order valence-corrected chi connectivity index (χ2v) is 16.2. The van der Waals surface area contributed by atoms with Crippen LogP contribution in [0.5, 0.6) is 11.5 Å². The van der Waals surface area contributed by atoms with Gasteiger partial charge in [-0.15, -0.1) is 0 Å². The summed E-state index contributed by atoms with van der Waals surface area (Å²) in [6, 6.07) is 36.6. The maximum atomic E-state index is 6.63. The molecule has 0 aliphatic rings. The number of aryl methyl sites for hydroxylation is 1. The number of hydrogen-bond donors (Lipinski definition) is 0. The molecule has 0 aliphatic heterocycles. The number of aromatic nitrogens is 4. The van der Waals surface area contributed by atoms with Gasteiger partial charge in [-0.05, 0) is 116 Å². The highest BCUT2D eigenvalue weighted by Crippen LogP contribution is 2.38. The summed E-state index contributed by atoms with van der Waals surface area (Å²) in [7, 11) is 0. The molecule has 0 saturated heterocycles. The summed E-state index contributed by atoms with van der Waals surface area (Å²) >= 11 is 0. The minimum atomic E-state index is 0.359. The van der Waals surface area contributed by atoms with E-state index in [2.05, 4.69) is 145 Å². The molecule has 4 aromatic carbocycles. The molecule has 5 heteroatoms. The second kappa shape index (κ2) is 14.5. The van der Waals surface area contributed by atoms with E-state index in [4.69, 9.17) is 14.8 Å². The van der Waals surface area contributed by atoms with Crippen LogP contribution in [0.3, 0.4) is 0 Å². The van der Waals surface area contributed by atoms with Crippen LogP contribution in [0.4, 0.5) is 0 Å². The topological polar surface area (TPSA) is 44.9 Å². The van der Waals surface area contributed by atoms with Gasteiger partial charge in [-0.2, -0.15) is 5.10 Å². The van der Waals surface area contributed by atoms with Crippen molar-refractivity contribution in [1.82, 2.24) is 19.3 Å². The van der Waals surface area contributed by atoms with E-state index in [0.717, 1.165) is 51.8 Å². The predicted octanol–water partition coefficient (Wildman–Crippen LogP) is 13.0. The van der Waals surface area contributed by atoms with Gasteiger partial charge in [0.05, 0.1) is 22.4 Å². The van der Waals surface area contributed by atoms with Crippen molar-refractivity contribution in [2.75, 3.05) is 0 Å². The lowest BCUT2D eigenvalue weighted by Gasteiger charge is -2.19. The molecule has 3 heterocycles. The molecule has 5 nitrogen and oxygen atoms in total. The third-order valence-corrected chi connectivity index (χ3v) is 10.2. The van der Waals surface area contributed by atoms with Crippen molar-refractivity contribution >= 4 is 21.8 Å². The van der Waals surface area contributed by atoms with Gasteiger partial charge in [-0.3, -0.25) is 4.57 Å². The van der Waals surface area contributed by atoms with Crippen LogP contribution in [0.1, 0.15) is 89.2 Å². The quantitative estimate of drug-likeness (QED) is 0.136. The molecule has 1 atom stereocenters. The van der Waals surface area contributed by atoms with E-state index in [1.807, 2.05) is 29.1 Å². The zero-order valence-electron chi connectivity index (χ0n) is 32.1. The molecular formula is C47H52N4O. The normalized spacial score (nSPS) is 12.6. The monoisotopic (exact) mass is 688 g/mol. The molecule has 0 spiro atoms. The summed E-state index contributed by atoms with van der Waals surface area (Å²) in [6.07, 6.45) is 6.61. The summed E-state index contributed by atoms with van der Waals surface area (Å²) in [4.78, 5) is 4.92. The predicted molar refractivity (Wildman–Crippen MR) is 217 cm³/mol. The third kappa shape index (κ3) is 7.41. The van der Waals surface area contributed by atoms with Crippen LogP contribution in [-0.2, 0) is 6.42 Å². The number of rotatable bonds is 11. The second-order valence-electron chi connectivity index (χ2n) is 16.2. The van der Waals surface area contributed by atoms with Gasteiger partial charge in [0, 0.05) is 40.4 Å². The Morgan fingerprint density at radius 1 is 0.750 bits per heavy atom. The van der Waals surface area contributed by atoms with Crippen LogP contribution in [0.15, 0.2) is 109 Å². The Hall–Kier alpha value is -5.16. The molecule has 3 aromatic heterocycles. The van der Waals surface area contributed by atoms with Crippen molar-refractivity contribution in [3.8, 4) is 34.1 Å². The van der Waals surface area contributed by atoms with E-state index in [1.165, 1.54) is 52.3 Å². The van der Waals surface area contributed by atoms with Crippen LogP contribution in [-0.4, -0.2) is 19.3 Å². The highest BCUT2D eigenvalue weighted by molar-refractivity contribution is 6.09. The maximum absolute atomic E-state index is 6.63. The Bertz CT molecular complexity index is 2340. The van der Waals surface area contributed by atoms with Crippen molar-refractivity contribution in [3.63, 3.8) is 0 Å². The number of ether oxygens (including phenoxy) is 1. The van der Waals surface area contributed by atoms with E-state index in [-0.39, 0.29) is 0 Å². The summed E-state index contributed by atoms with van der Waals surface area (Å²) < 4.78 is 11.0. The molecule has 0 saturated carbocycles. The number of benzene rings is 4. The number of hydrogen-bond acceptors (Lipinski definition) is 3. The fraction of sp³-hybridized carbons (Fsp3) is 0.319. The molecule has 0 bridgehead atoms. The highest BCUT2D eigenvalue weighted by atomic mass is 16.5. The molecule has 7 aromatic rings. The first-order chi connectivity index (χ1) is 24.9. The molecule has 0 radical (unpaired) electrons. The van der Waals surface area contributed by atoms with Gasteiger partial charge < -0.3 is 4.74 Å². The third-order valence-electron chi connectivity index (χ3n) is 10.2. The van der Waals surface area contributed by atoms with Crippen LogP contribution >= 0.6 is 0 Å². The number of pyridine rings is 1. The van der Waals surface area contributed by atoms with E-state index >= 15 is 0 Å². The van der Waals surface area contributed by atoms with Gasteiger partial charge in [0.25, 0.3) is 0 Å². The lowest BCUT2D eigenvalue weighted by atomic mass is 9.86. The van der Waals surface area contributed by atoms with Crippen molar-refractivity contribution in [1.29, 1.82) is 0 Å². The zero-order valence-corrected chi connectivity index (χ0v) is 32.1. The van der Waals surface area contributed by atoms with Gasteiger partial charge >= 0.3 is 0 Å². The molecule has 0 aliphatic carbocycles. The molecule has 1 unspecified atom stereocenters. The number of nitrogens with zero attached hydrogens (tertiary/aromatic N) is 4. The first-order valence-electron chi connectivity index (χ1n) is 18.9. The minimum absolute atomic E-state index is 0.359. The summed E-state index contributed by atoms with van der Waals surface area (Å²) in [5.74, 6) is 3.52. The minimum Gasteiger partial charge on any atom is -0.457 e. The Morgan fingerprint density at radius 2 is 1.54 bits per heavy atom. The van der Waals surface area contributed by atoms with E-state index < -0.39 is 0 Å². The van der Waals surface area contributed by atoms with Gasteiger partial charge in [-0.25, -0.2) is 9.67 Å². The van der Waals surface area contributed by atoms with Gasteiger partial charge in [0.15, 0.2) is 0 Å². The Morgan fingerprint density at radius 3 is 2.31 bits per heavy atom. The summed E-state index contributed by atoms with van der Waals surface area (Å²) in [6.45, 7) is 18.1. The molecule has 7 rings (SSSR count). The van der Waals surface area contributed by atoms with Crippen molar-refractivity contribution in [2.45, 2.75) is 87.0 Å². The molecule has 0 N–H and O–H groups in total. The fourth-order valence-electron chi connectivity index (χ4n) is 7.65. The molecule has 52 heavy (non-hydrogen) atoms. The van der Waals surface area contributed by atoms with Crippen LogP contribution in [0.2, 0.25) is 0 Å². The van der Waals surface area contributed by atoms with Crippen molar-refractivity contribution in [2.24, 2.45) is 11.3 Å². The van der Waals surface area contributed by atoms with Gasteiger partial charge in [0.2, 0.25) is 0 Å². The van der Waals surface area contributed by atoms with Crippen LogP contribution in [0, 0.1) is 25.2 Å². The molecule has 0 amide bonds. The molecule has 0 fully saturated rings. The summed E-state index contributed by atoms with van der Waals surface area (Å²) in [5, 5.41) is 7.39. The number of fused-ring (bicyclic) bond motifs is 3. The largest absolute Gasteiger partial charge is 0.457 e. The molecule has 266 valence electrons. The lowest BCUT2D eigenvalue weighted by Crippen LogP contribution is -2.05. The first kappa shape index (κ1) is 35.3. The van der Waals surface area contributed by atoms with Crippen molar-refractivity contribution in [3.05, 3.63) is 132 Å². The fourth-order valence-corrected chi connectivity index (χ4v) is 7.65. The van der Waals surface area contributed by atoms with E-state index in [1.54, 1.807) is 0 Å². The maximum Gasteiger partial charge on any atom is 0.137 e. The average Bonchev–Trinajstić information content (AvgIpc) is 3.60. The van der Waals surface area contributed by atoms with Crippen LogP contribution in [0.25, 0.3) is 44.4 Å². The highest BCUT2D eigenvalue weighted by Gasteiger charge is 2.19. The SMILES string of the molecule is Cc1nn(-c2cccc(Oc3ccc4c5cc(C(C)CCCC(C)(C)C)ccc5n(-c5cc(CC(C)C)ccn5)c4c3)c2)c(C)c1-c1ccccc1. The smallest absolute Gasteiger partial charge is 0.137 e. The first-order valence-corrected chi connectivity index (χ1v) is 18.9. The van der Waals surface area contributed by atoms with Gasteiger partial charge in [0.1, 0.15) is 17.3 Å². The molecular weight excluding hydrogens is 637 g/mol. The Kier molecular flexibility index (Phi) is 9.80. The Balaban J connectivity index is 1.27. The van der Waals surface area contributed by atoms with Crippen molar-refractivity contribution < 1.29 is 4.74 Å². The summed E-state index contributed by atoms with van der Waals surface area (Å²) in [5.41, 5.74) is 10.7. The van der Waals surface area contributed by atoms with E-state index in [9.17, 15) is 0 Å². The zero-order chi connectivity index (χ0) is 36.6. The standard InChI is InChI=1S/C47H52N4O/c1-31(2)26-35-23-25-48-45(27-35)50-43-22-19-37(32(3)14-13-24-47(6,7)8)28-42(43)41-21-20-40(30-44(41)50)52-39-18-12-17-38(29-39)51-34(5)46(33(4)49-51)36-15-10-9-11-16-36/h9-12,15-23,25,27-32H,13-14,24,26H2,1-8H3.